The molecule has 6 heteroatoms. The van der Waals surface area contributed by atoms with Crippen LogP contribution < -0.4 is 1.33 Å². The molecule has 0 saturated carbocycles. The summed E-state index contributed by atoms with van der Waals surface area (Å²) in [6.45, 7) is 0. The molecule has 0 aliphatic heterocycles. The molecule has 0 radical (unpaired) electrons. The highest BCUT2D eigenvalue weighted by Crippen LogP contribution is 2.29. The Kier molecular flexibility index (Phi) is 3.44. The number of hydrogen-bond donors (Lipinski definition) is 0. The molecular weight excluding hydrogens is 397 g/mol. The smallest absolute Gasteiger partial charge is 0.153 e. The molecular formula is C6H2F3I2N. The molecule has 0 bridgehead atoms. The zero-order valence-electron chi connectivity index (χ0n) is 5.49. The predicted molar refractivity (Wildman–Crippen MR) is 56.8 cm³/mol. The summed E-state index contributed by atoms with van der Waals surface area (Å²) >= 11 is 3.38. The van der Waals surface area contributed by atoms with E-state index in [1.807, 2.05) is 0 Å². The van der Waals surface area contributed by atoms with E-state index in [0.717, 1.165) is 0 Å². The monoisotopic (exact) mass is 399 g/mol. The maximum atomic E-state index is 12.8. The maximum Gasteiger partial charge on any atom is 0.153 e. The summed E-state index contributed by atoms with van der Waals surface area (Å²) in [6, 6.07) is 1.28. The molecule has 0 atom stereocenters. The highest BCUT2D eigenvalue weighted by Gasteiger charge is 2.14. The Balaban J connectivity index is 3.28. The third-order valence-electron chi connectivity index (χ3n) is 1.15. The third kappa shape index (κ3) is 2.15. The van der Waals surface area contributed by atoms with Crippen molar-refractivity contribution in [2.75, 3.05) is 1.33 Å². The van der Waals surface area contributed by atoms with Crippen molar-refractivity contribution in [2.24, 2.45) is 0 Å². The lowest BCUT2D eigenvalue weighted by molar-refractivity contribution is 0.549. The van der Waals surface area contributed by atoms with Crippen LogP contribution >= 0.6 is 45.7 Å². The molecule has 0 saturated heterocycles. The Morgan fingerprint density at radius 3 is 1.75 bits per heavy atom. The van der Waals surface area contributed by atoms with Gasteiger partial charge in [-0.1, -0.05) is 0 Å². The Morgan fingerprint density at radius 1 is 1.00 bits per heavy atom. The van der Waals surface area contributed by atoms with Crippen LogP contribution in [-0.2, 0) is 0 Å². The van der Waals surface area contributed by atoms with E-state index in [2.05, 4.69) is 0 Å². The minimum absolute atomic E-state index is 0.252. The Bertz CT molecular complexity index is 280. The van der Waals surface area contributed by atoms with Crippen molar-refractivity contribution in [2.45, 2.75) is 0 Å². The van der Waals surface area contributed by atoms with Crippen molar-refractivity contribution < 1.29 is 13.2 Å². The summed E-state index contributed by atoms with van der Waals surface area (Å²) < 4.78 is 39.2. The maximum absolute atomic E-state index is 12.8. The first-order valence-corrected chi connectivity index (χ1v) is 4.71. The van der Waals surface area contributed by atoms with E-state index < -0.39 is 17.5 Å². The number of rotatable bonds is 1. The van der Waals surface area contributed by atoms with Gasteiger partial charge in [-0.2, -0.15) is 0 Å². The molecule has 66 valence electrons. The second-order valence-electron chi connectivity index (χ2n) is 1.95. The topological polar surface area (TPSA) is 3.24 Å². The van der Waals surface area contributed by atoms with Gasteiger partial charge in [-0.3, -0.25) is 0 Å². The summed E-state index contributed by atoms with van der Waals surface area (Å²) in [5.41, 5.74) is -0.252. The SMILES string of the molecule is Fc1cc(F)c(N(I)I)c(F)c1. The fourth-order valence-electron chi connectivity index (χ4n) is 0.696. The van der Waals surface area contributed by atoms with Crippen LogP contribution in [-0.4, -0.2) is 0 Å². The van der Waals surface area contributed by atoms with E-state index >= 15 is 0 Å². The average Bonchev–Trinajstić information content (AvgIpc) is 1.82. The van der Waals surface area contributed by atoms with Crippen molar-refractivity contribution in [1.82, 2.24) is 0 Å². The van der Waals surface area contributed by atoms with Crippen LogP contribution in [0.3, 0.4) is 0 Å². The molecule has 0 aromatic heterocycles. The lowest BCUT2D eigenvalue weighted by Crippen LogP contribution is -1.98. The van der Waals surface area contributed by atoms with Gasteiger partial charge in [0.1, 0.15) is 11.5 Å². The lowest BCUT2D eigenvalue weighted by atomic mass is 10.3. The number of hydrogen-bond acceptors (Lipinski definition) is 1. The lowest BCUT2D eigenvalue weighted by Gasteiger charge is -2.08. The molecule has 1 nitrogen and oxygen atoms in total. The number of halogens is 5. The van der Waals surface area contributed by atoms with Gasteiger partial charge >= 0.3 is 0 Å². The summed E-state index contributed by atoms with van der Waals surface area (Å²) in [5, 5.41) is 0. The van der Waals surface area contributed by atoms with Crippen molar-refractivity contribution in [3.63, 3.8) is 0 Å². The van der Waals surface area contributed by atoms with E-state index in [4.69, 9.17) is 0 Å². The van der Waals surface area contributed by atoms with Crippen LogP contribution in [0.25, 0.3) is 0 Å². The van der Waals surface area contributed by atoms with Gasteiger partial charge in [0.05, 0.1) is 45.7 Å². The Labute approximate surface area is 94.9 Å². The first kappa shape index (κ1) is 10.4. The van der Waals surface area contributed by atoms with E-state index in [9.17, 15) is 13.2 Å². The fourth-order valence-corrected chi connectivity index (χ4v) is 1.62. The van der Waals surface area contributed by atoms with Gasteiger partial charge in [0.2, 0.25) is 0 Å². The quantitative estimate of drug-likeness (QED) is 0.516. The highest BCUT2D eigenvalue weighted by atomic mass is 127. The van der Waals surface area contributed by atoms with Crippen LogP contribution in [0.2, 0.25) is 0 Å². The zero-order chi connectivity index (χ0) is 9.30. The third-order valence-corrected chi connectivity index (χ3v) is 2.12. The predicted octanol–water partition coefficient (Wildman–Crippen LogP) is 3.61. The molecule has 1 rings (SSSR count). The number of benzene rings is 1. The van der Waals surface area contributed by atoms with E-state index in [-0.39, 0.29) is 5.69 Å². The summed E-state index contributed by atoms with van der Waals surface area (Å²) in [4.78, 5) is 0. The van der Waals surface area contributed by atoms with Crippen LogP contribution in [0.15, 0.2) is 12.1 Å². The molecule has 0 aliphatic carbocycles. The average molecular weight is 399 g/mol. The van der Waals surface area contributed by atoms with Crippen molar-refractivity contribution in [3.05, 3.63) is 29.6 Å². The first-order chi connectivity index (χ1) is 5.52. The zero-order valence-corrected chi connectivity index (χ0v) is 9.81. The van der Waals surface area contributed by atoms with Gasteiger partial charge in [0.25, 0.3) is 0 Å². The van der Waals surface area contributed by atoms with E-state index in [1.54, 1.807) is 45.7 Å². The van der Waals surface area contributed by atoms with Crippen molar-refractivity contribution in [3.8, 4) is 0 Å². The van der Waals surface area contributed by atoms with Gasteiger partial charge in [-0.05, 0) is 0 Å². The molecule has 0 spiro atoms. The molecule has 1 aromatic rings. The van der Waals surface area contributed by atoms with E-state index in [1.165, 1.54) is 1.33 Å². The second kappa shape index (κ2) is 3.99. The normalized spacial score (nSPS) is 10.1. The molecule has 0 unspecified atom stereocenters. The van der Waals surface area contributed by atoms with Gasteiger partial charge in [-0.15, -0.1) is 0 Å². The highest BCUT2D eigenvalue weighted by molar-refractivity contribution is 14.2. The number of anilines is 1. The molecule has 1 aromatic carbocycles. The fraction of sp³-hybridized carbons (Fsp3) is 0. The second-order valence-corrected chi connectivity index (χ2v) is 5.73. The minimum atomic E-state index is -0.914. The summed E-state index contributed by atoms with van der Waals surface area (Å²) in [6.07, 6.45) is 0. The van der Waals surface area contributed by atoms with Crippen LogP contribution in [0.4, 0.5) is 18.9 Å². The van der Waals surface area contributed by atoms with Gasteiger partial charge in [0, 0.05) is 12.1 Å². The molecule has 0 fully saturated rings. The van der Waals surface area contributed by atoms with E-state index in [0.29, 0.717) is 12.1 Å². The van der Waals surface area contributed by atoms with Gasteiger partial charge in [-0.25, -0.2) is 14.5 Å². The first-order valence-electron chi connectivity index (χ1n) is 2.78. The van der Waals surface area contributed by atoms with Crippen molar-refractivity contribution in [1.29, 1.82) is 0 Å². The molecule has 0 heterocycles. The van der Waals surface area contributed by atoms with Crippen LogP contribution in [0, 0.1) is 17.5 Å². The number of nitrogens with zero attached hydrogens (tertiary/aromatic N) is 1. The molecule has 0 amide bonds. The van der Waals surface area contributed by atoms with Gasteiger partial charge < -0.3 is 0 Å². The molecule has 12 heavy (non-hydrogen) atoms. The summed E-state index contributed by atoms with van der Waals surface area (Å²) in [7, 11) is 0. The Hall–Kier alpha value is 0.270. The van der Waals surface area contributed by atoms with Crippen LogP contribution in [0.1, 0.15) is 0 Å². The van der Waals surface area contributed by atoms with Crippen LogP contribution in [0.5, 0.6) is 0 Å². The van der Waals surface area contributed by atoms with Gasteiger partial charge in [0.15, 0.2) is 11.6 Å². The molecule has 0 N–H and O–H groups in total. The van der Waals surface area contributed by atoms with Crippen molar-refractivity contribution >= 4 is 51.4 Å². The standard InChI is InChI=1S/C6H2F3I2N/c7-3-1-4(8)6(12(10)11)5(9)2-3/h1-2H. The molecule has 0 aliphatic rings. The minimum Gasteiger partial charge on any atom is -0.249 e. The Morgan fingerprint density at radius 2 is 1.42 bits per heavy atom. The summed E-state index contributed by atoms with van der Waals surface area (Å²) in [5.74, 6) is -2.73. The largest absolute Gasteiger partial charge is 0.249 e.